The van der Waals surface area contributed by atoms with Crippen LogP contribution in [0.25, 0.3) is 10.6 Å². The Morgan fingerprint density at radius 2 is 2.41 bits per heavy atom. The van der Waals surface area contributed by atoms with E-state index in [1.54, 1.807) is 17.8 Å². The maximum atomic E-state index is 11.6. The molecule has 0 aromatic carbocycles. The molecule has 0 N–H and O–H groups in total. The van der Waals surface area contributed by atoms with Crippen molar-refractivity contribution in [2.75, 3.05) is 0 Å². The Morgan fingerprint density at radius 3 is 3.12 bits per heavy atom. The lowest BCUT2D eigenvalue weighted by atomic mass is 10.2. The first kappa shape index (κ1) is 11.4. The van der Waals surface area contributed by atoms with Crippen LogP contribution in [0.3, 0.4) is 0 Å². The normalized spacial score (nSPS) is 9.82. The van der Waals surface area contributed by atoms with Crippen LogP contribution in [0, 0.1) is 11.3 Å². The van der Waals surface area contributed by atoms with E-state index in [1.165, 1.54) is 11.3 Å². The van der Waals surface area contributed by atoms with Gasteiger partial charge >= 0.3 is 0 Å². The van der Waals surface area contributed by atoms with E-state index in [0.29, 0.717) is 5.69 Å². The van der Waals surface area contributed by atoms with E-state index in [4.69, 9.17) is 5.26 Å². The number of thiazole rings is 1. The van der Waals surface area contributed by atoms with Crippen molar-refractivity contribution < 1.29 is 4.79 Å². The van der Waals surface area contributed by atoms with Crippen molar-refractivity contribution >= 4 is 17.1 Å². The first-order valence-electron chi connectivity index (χ1n) is 5.07. The zero-order valence-electron chi connectivity index (χ0n) is 8.96. The van der Waals surface area contributed by atoms with Crippen LogP contribution < -0.4 is 0 Å². The third-order valence-corrected chi connectivity index (χ3v) is 3.05. The average Bonchev–Trinajstić information content (AvgIpc) is 2.86. The van der Waals surface area contributed by atoms with Crippen LogP contribution in [-0.4, -0.2) is 15.8 Å². The quantitative estimate of drug-likeness (QED) is 0.774. The van der Waals surface area contributed by atoms with Gasteiger partial charge in [-0.2, -0.15) is 5.26 Å². The van der Waals surface area contributed by atoms with Gasteiger partial charge in [-0.15, -0.1) is 11.3 Å². The topological polar surface area (TPSA) is 66.6 Å². The summed E-state index contributed by atoms with van der Waals surface area (Å²) in [7, 11) is 0. The van der Waals surface area contributed by atoms with Gasteiger partial charge in [-0.3, -0.25) is 9.78 Å². The van der Waals surface area contributed by atoms with Crippen LogP contribution in [0.1, 0.15) is 23.3 Å². The smallest absolute Gasteiger partial charge is 0.183 e. The fraction of sp³-hybridized carbons (Fsp3) is 0.167. The Morgan fingerprint density at radius 1 is 1.53 bits per heavy atom. The first-order chi connectivity index (χ1) is 8.31. The number of nitriles is 1. The first-order valence-corrected chi connectivity index (χ1v) is 5.95. The lowest BCUT2D eigenvalue weighted by Crippen LogP contribution is -1.98. The summed E-state index contributed by atoms with van der Waals surface area (Å²) in [5.74, 6) is -0.0852. The second-order valence-corrected chi connectivity index (χ2v) is 4.22. The average molecular weight is 243 g/mol. The number of rotatable bonds is 4. The zero-order chi connectivity index (χ0) is 12.1. The summed E-state index contributed by atoms with van der Waals surface area (Å²) in [4.78, 5) is 19.9. The highest BCUT2D eigenvalue weighted by Crippen LogP contribution is 2.23. The Bertz CT molecular complexity index is 557. The van der Waals surface area contributed by atoms with Gasteiger partial charge in [0.1, 0.15) is 10.7 Å². The highest BCUT2D eigenvalue weighted by atomic mass is 32.1. The minimum atomic E-state index is -0.0852. The van der Waals surface area contributed by atoms with Gasteiger partial charge < -0.3 is 0 Å². The van der Waals surface area contributed by atoms with Gasteiger partial charge in [-0.25, -0.2) is 4.98 Å². The Kier molecular flexibility index (Phi) is 3.58. The number of ketones is 1. The monoisotopic (exact) mass is 243 g/mol. The van der Waals surface area contributed by atoms with E-state index in [9.17, 15) is 4.79 Å². The second-order valence-electron chi connectivity index (χ2n) is 3.36. The summed E-state index contributed by atoms with van der Waals surface area (Å²) in [6.07, 6.45) is 3.86. The molecule has 0 atom stereocenters. The molecule has 0 amide bonds. The highest BCUT2D eigenvalue weighted by molar-refractivity contribution is 7.13. The van der Waals surface area contributed by atoms with Crippen molar-refractivity contribution in [3.63, 3.8) is 0 Å². The van der Waals surface area contributed by atoms with E-state index in [1.807, 2.05) is 18.2 Å². The molecule has 0 radical (unpaired) electrons. The molecule has 5 heteroatoms. The van der Waals surface area contributed by atoms with Crippen molar-refractivity contribution in [1.29, 1.82) is 5.26 Å². The van der Waals surface area contributed by atoms with Gasteiger partial charge in [0.2, 0.25) is 0 Å². The Hall–Kier alpha value is -2.06. The van der Waals surface area contributed by atoms with E-state index in [2.05, 4.69) is 9.97 Å². The molecule has 2 aromatic heterocycles. The van der Waals surface area contributed by atoms with E-state index >= 15 is 0 Å². The molecule has 0 aliphatic carbocycles. The van der Waals surface area contributed by atoms with Crippen molar-refractivity contribution in [2.45, 2.75) is 12.8 Å². The zero-order valence-corrected chi connectivity index (χ0v) is 9.78. The SMILES string of the molecule is N#CCCC(=O)c1csc(-c2cccnc2)n1. The molecule has 0 fully saturated rings. The predicted octanol–water partition coefficient (Wildman–Crippen LogP) is 2.69. The second kappa shape index (κ2) is 5.32. The van der Waals surface area contributed by atoms with E-state index in [-0.39, 0.29) is 18.6 Å². The van der Waals surface area contributed by atoms with Crippen LogP contribution in [0.15, 0.2) is 29.9 Å². The van der Waals surface area contributed by atoms with Gasteiger partial charge in [0, 0.05) is 36.2 Å². The summed E-state index contributed by atoms with van der Waals surface area (Å²) >= 11 is 1.41. The molecular weight excluding hydrogens is 234 g/mol. The molecule has 2 heterocycles. The van der Waals surface area contributed by atoms with Gasteiger partial charge in [0.15, 0.2) is 5.78 Å². The fourth-order valence-electron chi connectivity index (χ4n) is 1.32. The Labute approximate surface area is 103 Å². The number of carbonyl (C=O) groups is 1. The van der Waals surface area contributed by atoms with Gasteiger partial charge in [0.05, 0.1) is 6.07 Å². The number of aromatic nitrogens is 2. The number of Topliss-reactive ketones (excluding diaryl/α,β-unsaturated/α-hetero) is 1. The molecule has 2 aromatic rings. The van der Waals surface area contributed by atoms with Crippen LogP contribution in [0.5, 0.6) is 0 Å². The maximum Gasteiger partial charge on any atom is 0.183 e. The summed E-state index contributed by atoms with van der Waals surface area (Å²) in [6, 6.07) is 5.68. The summed E-state index contributed by atoms with van der Waals surface area (Å²) in [5.41, 5.74) is 1.33. The van der Waals surface area contributed by atoms with Crippen LogP contribution in [0.2, 0.25) is 0 Å². The lowest BCUT2D eigenvalue weighted by Gasteiger charge is -1.93. The van der Waals surface area contributed by atoms with Crippen molar-refractivity contribution in [1.82, 2.24) is 9.97 Å². The minimum Gasteiger partial charge on any atom is -0.292 e. The van der Waals surface area contributed by atoms with Crippen LogP contribution >= 0.6 is 11.3 Å². The largest absolute Gasteiger partial charge is 0.292 e. The molecule has 0 bridgehead atoms. The fourth-order valence-corrected chi connectivity index (χ4v) is 2.14. The van der Waals surface area contributed by atoms with Crippen LogP contribution in [-0.2, 0) is 0 Å². The third kappa shape index (κ3) is 2.74. The molecule has 0 saturated carbocycles. The number of hydrogen-bond donors (Lipinski definition) is 0. The molecule has 0 aliphatic rings. The molecule has 0 spiro atoms. The number of nitrogens with zero attached hydrogens (tertiary/aromatic N) is 3. The van der Waals surface area contributed by atoms with Gasteiger partial charge in [-0.1, -0.05) is 0 Å². The van der Waals surface area contributed by atoms with E-state index in [0.717, 1.165) is 10.6 Å². The highest BCUT2D eigenvalue weighted by Gasteiger charge is 2.11. The molecule has 17 heavy (non-hydrogen) atoms. The van der Waals surface area contributed by atoms with Crippen molar-refractivity contribution in [3.8, 4) is 16.6 Å². The molecule has 0 unspecified atom stereocenters. The predicted molar refractivity (Wildman–Crippen MR) is 64.5 cm³/mol. The molecule has 2 rings (SSSR count). The number of hydrogen-bond acceptors (Lipinski definition) is 5. The van der Waals surface area contributed by atoms with E-state index < -0.39 is 0 Å². The summed E-state index contributed by atoms with van der Waals surface area (Å²) < 4.78 is 0. The van der Waals surface area contributed by atoms with Gasteiger partial charge in [-0.05, 0) is 12.1 Å². The summed E-state index contributed by atoms with van der Waals surface area (Å²) in [5, 5.41) is 10.9. The van der Waals surface area contributed by atoms with Crippen molar-refractivity contribution in [3.05, 3.63) is 35.6 Å². The van der Waals surface area contributed by atoms with Gasteiger partial charge in [0.25, 0.3) is 0 Å². The maximum absolute atomic E-state index is 11.6. The molecule has 0 saturated heterocycles. The van der Waals surface area contributed by atoms with Crippen LogP contribution in [0.4, 0.5) is 0 Å². The Balaban J connectivity index is 2.17. The number of pyridine rings is 1. The van der Waals surface area contributed by atoms with Crippen molar-refractivity contribution in [2.24, 2.45) is 0 Å². The molecular formula is C12H9N3OS. The molecule has 84 valence electrons. The lowest BCUT2D eigenvalue weighted by molar-refractivity contribution is 0.0980. The standard InChI is InChI=1S/C12H9N3OS/c13-5-1-4-11(16)10-8-17-12(15-10)9-3-2-6-14-7-9/h2-3,6-8H,1,4H2. The minimum absolute atomic E-state index is 0.0852. The third-order valence-electron chi connectivity index (χ3n) is 2.16. The number of carbonyl (C=O) groups excluding carboxylic acids is 1. The molecule has 4 nitrogen and oxygen atoms in total. The molecule has 0 aliphatic heterocycles. The summed E-state index contributed by atoms with van der Waals surface area (Å²) in [6.45, 7) is 0.